The van der Waals surface area contributed by atoms with Crippen molar-refractivity contribution in [2.75, 3.05) is 0 Å². The van der Waals surface area contributed by atoms with Crippen LogP contribution in [0, 0.1) is 11.6 Å². The Labute approximate surface area is 104 Å². The first-order valence-corrected chi connectivity index (χ1v) is 5.87. The maximum absolute atomic E-state index is 13.4. The van der Waals surface area contributed by atoms with Crippen LogP contribution in [0.5, 0.6) is 0 Å². The zero-order valence-corrected chi connectivity index (χ0v) is 9.90. The molecular formula is C14H15F2NO. The maximum Gasteiger partial charge on any atom is 0.162 e. The van der Waals surface area contributed by atoms with Crippen molar-refractivity contribution in [1.29, 1.82) is 0 Å². The van der Waals surface area contributed by atoms with E-state index in [1.165, 1.54) is 6.07 Å². The van der Waals surface area contributed by atoms with Crippen LogP contribution < -0.4 is 5.73 Å². The number of nitrogens with two attached hydrogens (primary N) is 1. The highest BCUT2D eigenvalue weighted by Crippen LogP contribution is 2.14. The third-order valence-electron chi connectivity index (χ3n) is 2.86. The molecule has 0 amide bonds. The van der Waals surface area contributed by atoms with E-state index >= 15 is 0 Å². The first-order chi connectivity index (χ1) is 8.66. The molecule has 1 atom stereocenters. The molecule has 0 aliphatic rings. The van der Waals surface area contributed by atoms with Gasteiger partial charge in [-0.1, -0.05) is 12.1 Å². The number of hydrogen-bond donors (Lipinski definition) is 1. The molecule has 0 aliphatic carbocycles. The fraction of sp³-hybridized carbons (Fsp3) is 0.286. The van der Waals surface area contributed by atoms with E-state index in [2.05, 4.69) is 0 Å². The molecule has 2 rings (SSSR count). The van der Waals surface area contributed by atoms with Crippen molar-refractivity contribution in [3.05, 3.63) is 59.6 Å². The molecule has 96 valence electrons. The number of benzene rings is 1. The minimum Gasteiger partial charge on any atom is -0.469 e. The zero-order valence-electron chi connectivity index (χ0n) is 9.90. The normalized spacial score (nSPS) is 12.6. The summed E-state index contributed by atoms with van der Waals surface area (Å²) in [7, 11) is 0. The number of furan rings is 1. The molecule has 18 heavy (non-hydrogen) atoms. The smallest absolute Gasteiger partial charge is 0.162 e. The fourth-order valence-corrected chi connectivity index (χ4v) is 1.87. The SMILES string of the molecule is NC(CCc1ccco1)Cc1cccc(F)c1F. The van der Waals surface area contributed by atoms with Crippen LogP contribution in [0.1, 0.15) is 17.7 Å². The summed E-state index contributed by atoms with van der Waals surface area (Å²) in [6.45, 7) is 0. The van der Waals surface area contributed by atoms with E-state index in [-0.39, 0.29) is 6.04 Å². The zero-order chi connectivity index (χ0) is 13.0. The van der Waals surface area contributed by atoms with E-state index in [1.54, 1.807) is 12.3 Å². The number of halogens is 2. The Kier molecular flexibility index (Phi) is 4.10. The summed E-state index contributed by atoms with van der Waals surface area (Å²) in [6, 6.07) is 7.62. The molecule has 2 nitrogen and oxygen atoms in total. The van der Waals surface area contributed by atoms with Crippen molar-refractivity contribution in [1.82, 2.24) is 0 Å². The molecule has 0 bridgehead atoms. The van der Waals surface area contributed by atoms with Gasteiger partial charge in [0.1, 0.15) is 5.76 Å². The molecule has 1 heterocycles. The third-order valence-corrected chi connectivity index (χ3v) is 2.86. The summed E-state index contributed by atoms with van der Waals surface area (Å²) in [5, 5.41) is 0. The second-order valence-electron chi connectivity index (χ2n) is 4.30. The molecule has 0 radical (unpaired) electrons. The van der Waals surface area contributed by atoms with E-state index in [1.807, 2.05) is 12.1 Å². The van der Waals surface area contributed by atoms with Gasteiger partial charge in [0.15, 0.2) is 11.6 Å². The minimum atomic E-state index is -0.828. The molecule has 1 aromatic heterocycles. The molecular weight excluding hydrogens is 236 g/mol. The molecule has 4 heteroatoms. The highest BCUT2D eigenvalue weighted by molar-refractivity contribution is 5.20. The maximum atomic E-state index is 13.4. The van der Waals surface area contributed by atoms with E-state index in [0.29, 0.717) is 24.8 Å². The van der Waals surface area contributed by atoms with Gasteiger partial charge in [-0.2, -0.15) is 0 Å². The first kappa shape index (κ1) is 12.8. The second kappa shape index (κ2) is 5.78. The van der Waals surface area contributed by atoms with Gasteiger partial charge in [0.25, 0.3) is 0 Å². The average Bonchev–Trinajstić information content (AvgIpc) is 2.86. The molecule has 0 aliphatic heterocycles. The standard InChI is InChI=1S/C14H15F2NO/c15-13-5-1-3-10(14(13)16)9-11(17)6-7-12-4-2-8-18-12/h1-5,8,11H,6-7,9,17H2. The van der Waals surface area contributed by atoms with Crippen molar-refractivity contribution in [2.24, 2.45) is 5.73 Å². The molecule has 0 saturated heterocycles. The quantitative estimate of drug-likeness (QED) is 0.887. The molecule has 2 N–H and O–H groups in total. The molecule has 0 spiro atoms. The van der Waals surface area contributed by atoms with Crippen LogP contribution >= 0.6 is 0 Å². The topological polar surface area (TPSA) is 39.2 Å². The largest absolute Gasteiger partial charge is 0.469 e. The van der Waals surface area contributed by atoms with Gasteiger partial charge in [0.05, 0.1) is 6.26 Å². The molecule has 0 fully saturated rings. The Bertz CT molecular complexity index is 497. The van der Waals surface area contributed by atoms with Crippen molar-refractivity contribution in [2.45, 2.75) is 25.3 Å². The first-order valence-electron chi connectivity index (χ1n) is 5.87. The molecule has 0 saturated carbocycles. The van der Waals surface area contributed by atoms with Gasteiger partial charge in [-0.3, -0.25) is 0 Å². The van der Waals surface area contributed by atoms with E-state index in [4.69, 9.17) is 10.2 Å². The molecule has 1 unspecified atom stereocenters. The van der Waals surface area contributed by atoms with Crippen LogP contribution in [-0.4, -0.2) is 6.04 Å². The van der Waals surface area contributed by atoms with Crippen LogP contribution in [0.2, 0.25) is 0 Å². The van der Waals surface area contributed by atoms with Crippen molar-refractivity contribution < 1.29 is 13.2 Å². The van der Waals surface area contributed by atoms with Gasteiger partial charge in [-0.05, 0) is 36.6 Å². The second-order valence-corrected chi connectivity index (χ2v) is 4.30. The van der Waals surface area contributed by atoms with Gasteiger partial charge in [0, 0.05) is 12.5 Å². The van der Waals surface area contributed by atoms with Gasteiger partial charge < -0.3 is 10.2 Å². The Morgan fingerprint density at radius 1 is 1.17 bits per heavy atom. The predicted molar refractivity (Wildman–Crippen MR) is 65.1 cm³/mol. The summed E-state index contributed by atoms with van der Waals surface area (Å²) in [4.78, 5) is 0. The monoisotopic (exact) mass is 251 g/mol. The van der Waals surface area contributed by atoms with Crippen molar-refractivity contribution >= 4 is 0 Å². The third kappa shape index (κ3) is 3.17. The van der Waals surface area contributed by atoms with Crippen molar-refractivity contribution in [3.8, 4) is 0 Å². The number of aryl methyl sites for hydroxylation is 1. The lowest BCUT2D eigenvalue weighted by Gasteiger charge is -2.11. The van der Waals surface area contributed by atoms with Crippen LogP contribution in [0.4, 0.5) is 8.78 Å². The molecule has 2 aromatic rings. The van der Waals surface area contributed by atoms with E-state index in [9.17, 15) is 8.78 Å². The Morgan fingerprint density at radius 3 is 2.72 bits per heavy atom. The van der Waals surface area contributed by atoms with Gasteiger partial charge >= 0.3 is 0 Å². The lowest BCUT2D eigenvalue weighted by Crippen LogP contribution is -2.24. The number of hydrogen-bond acceptors (Lipinski definition) is 2. The number of rotatable bonds is 5. The van der Waals surface area contributed by atoms with Gasteiger partial charge in [-0.25, -0.2) is 8.78 Å². The lowest BCUT2D eigenvalue weighted by atomic mass is 10.0. The summed E-state index contributed by atoms with van der Waals surface area (Å²) in [5.74, 6) is -0.776. The minimum absolute atomic E-state index is 0.216. The Morgan fingerprint density at radius 2 is 2.00 bits per heavy atom. The summed E-state index contributed by atoms with van der Waals surface area (Å²) >= 11 is 0. The van der Waals surface area contributed by atoms with Crippen LogP contribution in [0.3, 0.4) is 0 Å². The lowest BCUT2D eigenvalue weighted by molar-refractivity contribution is 0.472. The highest BCUT2D eigenvalue weighted by Gasteiger charge is 2.12. The summed E-state index contributed by atoms with van der Waals surface area (Å²) in [5.41, 5.74) is 6.23. The van der Waals surface area contributed by atoms with Crippen LogP contribution in [-0.2, 0) is 12.8 Å². The predicted octanol–water partition coefficient (Wildman–Crippen LogP) is 3.06. The fourth-order valence-electron chi connectivity index (χ4n) is 1.87. The van der Waals surface area contributed by atoms with Crippen molar-refractivity contribution in [3.63, 3.8) is 0 Å². The van der Waals surface area contributed by atoms with E-state index < -0.39 is 11.6 Å². The average molecular weight is 251 g/mol. The summed E-state index contributed by atoms with van der Waals surface area (Å²) < 4.78 is 31.6. The van der Waals surface area contributed by atoms with Crippen LogP contribution in [0.15, 0.2) is 41.0 Å². The Hall–Kier alpha value is -1.68. The highest BCUT2D eigenvalue weighted by atomic mass is 19.2. The molecule has 1 aromatic carbocycles. The van der Waals surface area contributed by atoms with Gasteiger partial charge in [-0.15, -0.1) is 0 Å². The van der Waals surface area contributed by atoms with E-state index in [0.717, 1.165) is 11.8 Å². The van der Waals surface area contributed by atoms with Gasteiger partial charge in [0.2, 0.25) is 0 Å². The summed E-state index contributed by atoms with van der Waals surface area (Å²) in [6.07, 6.45) is 3.30. The Balaban J connectivity index is 1.90. The van der Waals surface area contributed by atoms with Crippen LogP contribution in [0.25, 0.3) is 0 Å².